The van der Waals surface area contributed by atoms with Crippen LogP contribution in [-0.4, -0.2) is 7.11 Å². The van der Waals surface area contributed by atoms with E-state index in [9.17, 15) is 4.39 Å². The maximum absolute atomic E-state index is 13.5. The molecule has 0 aliphatic heterocycles. The van der Waals surface area contributed by atoms with E-state index in [1.165, 1.54) is 51.0 Å². The van der Waals surface area contributed by atoms with Crippen LogP contribution >= 0.6 is 15.9 Å². The summed E-state index contributed by atoms with van der Waals surface area (Å²) in [4.78, 5) is 0.191. The molecule has 19 heavy (non-hydrogen) atoms. The maximum atomic E-state index is 13.5. The highest BCUT2D eigenvalue weighted by Crippen LogP contribution is 2.42. The van der Waals surface area contributed by atoms with Crippen LogP contribution in [0.15, 0.2) is 18.2 Å². The van der Waals surface area contributed by atoms with E-state index in [-0.39, 0.29) is 10.6 Å². The summed E-state index contributed by atoms with van der Waals surface area (Å²) in [5.74, 6) is 1.17. The van der Waals surface area contributed by atoms with Crippen molar-refractivity contribution >= 4 is 15.9 Å². The lowest BCUT2D eigenvalue weighted by atomic mass is 9.86. The van der Waals surface area contributed by atoms with Gasteiger partial charge in [-0.3, -0.25) is 0 Å². The minimum Gasteiger partial charge on any atom is -0.496 e. The smallest absolute Gasteiger partial charge is 0.123 e. The molecule has 1 aromatic carbocycles. The number of methoxy groups -OCH3 is 1. The minimum absolute atomic E-state index is 0.189. The van der Waals surface area contributed by atoms with E-state index >= 15 is 0 Å². The maximum Gasteiger partial charge on any atom is 0.123 e. The van der Waals surface area contributed by atoms with Crippen molar-refractivity contribution in [2.75, 3.05) is 7.11 Å². The van der Waals surface area contributed by atoms with E-state index < -0.39 is 0 Å². The van der Waals surface area contributed by atoms with Gasteiger partial charge in [-0.25, -0.2) is 4.39 Å². The molecule has 1 atom stereocenters. The third-order valence-corrected chi connectivity index (χ3v) is 5.29. The van der Waals surface area contributed by atoms with Crippen LogP contribution in [0, 0.1) is 11.7 Å². The summed E-state index contributed by atoms with van der Waals surface area (Å²) >= 11 is 3.79. The summed E-state index contributed by atoms with van der Waals surface area (Å²) in [5, 5.41) is 0. The molecule has 0 amide bonds. The molecule has 0 aromatic heterocycles. The number of ether oxygens (including phenoxy) is 1. The van der Waals surface area contributed by atoms with Gasteiger partial charge >= 0.3 is 0 Å². The molecule has 0 bridgehead atoms. The second kappa shape index (κ2) is 7.28. The number of alkyl halides is 1. The molecular weight excluding hydrogens is 307 g/mol. The van der Waals surface area contributed by atoms with Crippen molar-refractivity contribution in [2.45, 2.75) is 49.8 Å². The third kappa shape index (κ3) is 3.95. The van der Waals surface area contributed by atoms with Crippen molar-refractivity contribution in [3.8, 4) is 5.75 Å². The quantitative estimate of drug-likeness (QED) is 0.653. The van der Waals surface area contributed by atoms with E-state index in [1.54, 1.807) is 19.2 Å². The largest absolute Gasteiger partial charge is 0.496 e. The van der Waals surface area contributed by atoms with Crippen molar-refractivity contribution in [1.82, 2.24) is 0 Å². The Morgan fingerprint density at radius 2 is 1.79 bits per heavy atom. The molecule has 0 spiro atoms. The van der Waals surface area contributed by atoms with Crippen LogP contribution < -0.4 is 4.74 Å². The predicted octanol–water partition coefficient (Wildman–Crippen LogP) is 5.63. The van der Waals surface area contributed by atoms with Crippen molar-refractivity contribution in [3.63, 3.8) is 0 Å². The average molecular weight is 329 g/mol. The first-order chi connectivity index (χ1) is 9.22. The molecule has 0 radical (unpaired) electrons. The number of hydrogen-bond acceptors (Lipinski definition) is 1. The summed E-state index contributed by atoms with van der Waals surface area (Å²) in [6, 6.07) is 4.79. The van der Waals surface area contributed by atoms with E-state index in [2.05, 4.69) is 15.9 Å². The van der Waals surface area contributed by atoms with E-state index in [4.69, 9.17) is 4.74 Å². The molecule has 1 unspecified atom stereocenters. The highest BCUT2D eigenvalue weighted by atomic mass is 79.9. The van der Waals surface area contributed by atoms with E-state index in [0.29, 0.717) is 5.92 Å². The Morgan fingerprint density at radius 1 is 1.16 bits per heavy atom. The Bertz CT molecular complexity index is 400. The Kier molecular flexibility index (Phi) is 5.68. The molecule has 106 valence electrons. The van der Waals surface area contributed by atoms with Gasteiger partial charge in [0.15, 0.2) is 0 Å². The number of rotatable bonds is 3. The normalized spacial score (nSPS) is 19.5. The SMILES string of the molecule is COc1ccc(F)cc1C(Br)C1CCCCCCC1. The van der Waals surface area contributed by atoms with Crippen LogP contribution in [-0.2, 0) is 0 Å². The zero-order valence-electron chi connectivity index (χ0n) is 11.5. The standard InChI is InChI=1S/C16H22BrFO/c1-19-15-10-9-13(18)11-14(15)16(17)12-7-5-3-2-4-6-8-12/h9-12,16H,2-8H2,1H3. The zero-order chi connectivity index (χ0) is 13.7. The van der Waals surface area contributed by atoms with Crippen molar-refractivity contribution < 1.29 is 9.13 Å². The Hall–Kier alpha value is -0.570. The average Bonchev–Trinajstić information content (AvgIpc) is 2.37. The molecule has 1 nitrogen and oxygen atoms in total. The van der Waals surface area contributed by atoms with Gasteiger partial charge in [-0.2, -0.15) is 0 Å². The molecule has 1 aliphatic carbocycles. The fourth-order valence-corrected chi connectivity index (χ4v) is 3.84. The fourth-order valence-electron chi connectivity index (χ4n) is 2.96. The zero-order valence-corrected chi connectivity index (χ0v) is 13.1. The first-order valence-corrected chi connectivity index (χ1v) is 8.11. The van der Waals surface area contributed by atoms with Gasteiger partial charge < -0.3 is 4.74 Å². The number of halogens is 2. The first kappa shape index (κ1) is 14.8. The lowest BCUT2D eigenvalue weighted by Crippen LogP contribution is -2.11. The van der Waals surface area contributed by atoms with Gasteiger partial charge in [0.2, 0.25) is 0 Å². The second-order valence-electron chi connectivity index (χ2n) is 5.39. The molecule has 2 rings (SSSR count). The summed E-state index contributed by atoms with van der Waals surface area (Å²) in [6.07, 6.45) is 9.02. The van der Waals surface area contributed by atoms with Crippen molar-refractivity contribution in [2.24, 2.45) is 5.92 Å². The van der Waals surface area contributed by atoms with Gasteiger partial charge in [0, 0.05) is 10.4 Å². The lowest BCUT2D eigenvalue weighted by molar-refractivity contribution is 0.362. The van der Waals surface area contributed by atoms with Gasteiger partial charge in [-0.05, 0) is 37.0 Å². The highest BCUT2D eigenvalue weighted by Gasteiger charge is 2.24. The van der Waals surface area contributed by atoms with Crippen LogP contribution in [0.4, 0.5) is 4.39 Å². The van der Waals surface area contributed by atoms with Crippen LogP contribution in [0.25, 0.3) is 0 Å². The monoisotopic (exact) mass is 328 g/mol. The van der Waals surface area contributed by atoms with Crippen LogP contribution in [0.3, 0.4) is 0 Å². The summed E-state index contributed by atoms with van der Waals surface area (Å²) < 4.78 is 18.9. The van der Waals surface area contributed by atoms with Crippen LogP contribution in [0.5, 0.6) is 5.75 Å². The molecule has 3 heteroatoms. The van der Waals surface area contributed by atoms with Gasteiger partial charge in [0.05, 0.1) is 7.11 Å². The second-order valence-corrected chi connectivity index (χ2v) is 6.38. The van der Waals surface area contributed by atoms with Gasteiger partial charge in [0.1, 0.15) is 11.6 Å². The fraction of sp³-hybridized carbons (Fsp3) is 0.625. The minimum atomic E-state index is -0.189. The molecule has 0 saturated heterocycles. The molecule has 0 N–H and O–H groups in total. The molecule has 1 saturated carbocycles. The molecule has 1 fully saturated rings. The van der Waals surface area contributed by atoms with Gasteiger partial charge in [-0.15, -0.1) is 0 Å². The summed E-state index contributed by atoms with van der Waals surface area (Å²) in [6.45, 7) is 0. The van der Waals surface area contributed by atoms with E-state index in [1.807, 2.05) is 0 Å². The van der Waals surface area contributed by atoms with E-state index in [0.717, 1.165) is 11.3 Å². The van der Waals surface area contributed by atoms with Crippen LogP contribution in [0.2, 0.25) is 0 Å². The summed E-state index contributed by atoms with van der Waals surface area (Å²) in [7, 11) is 1.65. The Balaban J connectivity index is 2.16. The van der Waals surface area contributed by atoms with Gasteiger partial charge in [-0.1, -0.05) is 48.0 Å². The third-order valence-electron chi connectivity index (χ3n) is 4.05. The predicted molar refractivity (Wildman–Crippen MR) is 80.4 cm³/mol. The number of hydrogen-bond donors (Lipinski definition) is 0. The molecule has 0 heterocycles. The van der Waals surface area contributed by atoms with Crippen molar-refractivity contribution in [3.05, 3.63) is 29.6 Å². The molecule has 1 aliphatic rings. The van der Waals surface area contributed by atoms with Gasteiger partial charge in [0.25, 0.3) is 0 Å². The Labute approximate surface area is 123 Å². The Morgan fingerprint density at radius 3 is 2.42 bits per heavy atom. The van der Waals surface area contributed by atoms with Crippen LogP contribution in [0.1, 0.15) is 55.3 Å². The van der Waals surface area contributed by atoms with Crippen molar-refractivity contribution in [1.29, 1.82) is 0 Å². The lowest BCUT2D eigenvalue weighted by Gasteiger charge is -2.26. The molecule has 1 aromatic rings. The number of benzene rings is 1. The topological polar surface area (TPSA) is 9.23 Å². The first-order valence-electron chi connectivity index (χ1n) is 7.20. The molecular formula is C16H22BrFO. The summed E-state index contributed by atoms with van der Waals surface area (Å²) in [5.41, 5.74) is 0.952. The highest BCUT2D eigenvalue weighted by molar-refractivity contribution is 9.09.